The summed E-state index contributed by atoms with van der Waals surface area (Å²) >= 11 is 0. The molecule has 1 heterocycles. The standard InChI is InChI=1S/C21H22FN3O/c22-19-6-7-20(18(13-19)14-23)24-15-21(26)25-10-8-17(9-11-25)12-16-4-2-1-3-5-16/h1-7,13,17,24H,8-12,15H2. The van der Waals surface area contributed by atoms with Crippen LogP contribution in [0, 0.1) is 23.1 Å². The van der Waals surface area contributed by atoms with E-state index in [0.29, 0.717) is 11.6 Å². The molecule has 1 aliphatic rings. The van der Waals surface area contributed by atoms with Gasteiger partial charge >= 0.3 is 0 Å². The summed E-state index contributed by atoms with van der Waals surface area (Å²) in [5.74, 6) is 0.159. The number of rotatable bonds is 5. The maximum atomic E-state index is 13.2. The summed E-state index contributed by atoms with van der Waals surface area (Å²) in [5, 5.41) is 12.0. The molecule has 0 aromatic heterocycles. The quantitative estimate of drug-likeness (QED) is 0.896. The van der Waals surface area contributed by atoms with E-state index in [9.17, 15) is 9.18 Å². The van der Waals surface area contributed by atoms with Gasteiger partial charge in [-0.25, -0.2) is 4.39 Å². The number of hydrogen-bond acceptors (Lipinski definition) is 3. The first kappa shape index (κ1) is 17.9. The number of anilines is 1. The normalized spacial score (nSPS) is 14.7. The molecule has 0 aliphatic carbocycles. The third-order valence-corrected chi connectivity index (χ3v) is 4.87. The number of hydrogen-bond donors (Lipinski definition) is 1. The Bertz CT molecular complexity index is 793. The zero-order chi connectivity index (χ0) is 18.4. The SMILES string of the molecule is N#Cc1cc(F)ccc1NCC(=O)N1CCC(Cc2ccccc2)CC1. The molecule has 1 aliphatic heterocycles. The van der Waals surface area contributed by atoms with Crippen molar-refractivity contribution in [3.63, 3.8) is 0 Å². The van der Waals surface area contributed by atoms with E-state index >= 15 is 0 Å². The van der Waals surface area contributed by atoms with Crippen molar-refractivity contribution in [1.29, 1.82) is 5.26 Å². The minimum atomic E-state index is -0.459. The van der Waals surface area contributed by atoms with Crippen molar-refractivity contribution in [2.24, 2.45) is 5.92 Å². The van der Waals surface area contributed by atoms with Gasteiger partial charge in [-0.3, -0.25) is 4.79 Å². The van der Waals surface area contributed by atoms with E-state index in [1.54, 1.807) is 0 Å². The van der Waals surface area contributed by atoms with Gasteiger partial charge in [0.05, 0.1) is 17.8 Å². The molecule has 0 bridgehead atoms. The zero-order valence-corrected chi connectivity index (χ0v) is 14.6. The van der Waals surface area contributed by atoms with Crippen molar-refractivity contribution in [3.8, 4) is 6.07 Å². The molecule has 0 unspecified atom stereocenters. The van der Waals surface area contributed by atoms with Gasteiger partial charge in [0.25, 0.3) is 0 Å². The lowest BCUT2D eigenvalue weighted by Gasteiger charge is -2.32. The molecule has 4 nitrogen and oxygen atoms in total. The number of carbonyl (C=O) groups excluding carboxylic acids is 1. The number of amides is 1. The highest BCUT2D eigenvalue weighted by atomic mass is 19.1. The third-order valence-electron chi connectivity index (χ3n) is 4.87. The van der Waals surface area contributed by atoms with Gasteiger partial charge in [-0.05, 0) is 48.9 Å². The van der Waals surface area contributed by atoms with E-state index in [-0.39, 0.29) is 18.0 Å². The highest BCUT2D eigenvalue weighted by Gasteiger charge is 2.22. The van der Waals surface area contributed by atoms with E-state index < -0.39 is 5.82 Å². The van der Waals surface area contributed by atoms with Crippen LogP contribution < -0.4 is 5.32 Å². The Kier molecular flexibility index (Phi) is 5.85. The fraction of sp³-hybridized carbons (Fsp3) is 0.333. The summed E-state index contributed by atoms with van der Waals surface area (Å²) in [5.41, 5.74) is 2.04. The first-order valence-electron chi connectivity index (χ1n) is 8.91. The average molecular weight is 351 g/mol. The molecule has 0 atom stereocenters. The van der Waals surface area contributed by atoms with Gasteiger partial charge < -0.3 is 10.2 Å². The summed E-state index contributed by atoms with van der Waals surface area (Å²) in [6.07, 6.45) is 3.06. The number of nitrogens with zero attached hydrogens (tertiary/aromatic N) is 2. The molecule has 3 rings (SSSR count). The highest BCUT2D eigenvalue weighted by molar-refractivity contribution is 5.81. The van der Waals surface area contributed by atoms with Crippen molar-refractivity contribution >= 4 is 11.6 Å². The monoisotopic (exact) mass is 351 g/mol. The fourth-order valence-electron chi connectivity index (χ4n) is 3.38. The van der Waals surface area contributed by atoms with Crippen molar-refractivity contribution in [2.75, 3.05) is 25.0 Å². The fourth-order valence-corrected chi connectivity index (χ4v) is 3.38. The van der Waals surface area contributed by atoms with Gasteiger partial charge in [-0.2, -0.15) is 5.26 Å². The molecule has 5 heteroatoms. The van der Waals surface area contributed by atoms with Gasteiger partial charge in [-0.15, -0.1) is 0 Å². The lowest BCUT2D eigenvalue weighted by atomic mass is 9.90. The van der Waals surface area contributed by atoms with Gasteiger partial charge in [0, 0.05) is 13.1 Å². The second-order valence-corrected chi connectivity index (χ2v) is 6.67. The molecule has 1 amide bonds. The van der Waals surface area contributed by atoms with Crippen molar-refractivity contribution in [3.05, 3.63) is 65.5 Å². The number of benzene rings is 2. The summed E-state index contributed by atoms with van der Waals surface area (Å²) in [7, 11) is 0. The Morgan fingerprint density at radius 1 is 1.19 bits per heavy atom. The third kappa shape index (κ3) is 4.60. The number of carbonyl (C=O) groups is 1. The van der Waals surface area contributed by atoms with Gasteiger partial charge in [0.2, 0.25) is 5.91 Å². The lowest BCUT2D eigenvalue weighted by molar-refractivity contribution is -0.130. The van der Waals surface area contributed by atoms with E-state index in [1.165, 1.54) is 23.8 Å². The van der Waals surface area contributed by atoms with Crippen LogP contribution in [0.15, 0.2) is 48.5 Å². The van der Waals surface area contributed by atoms with Crippen molar-refractivity contribution in [2.45, 2.75) is 19.3 Å². The predicted octanol–water partition coefficient (Wildman–Crippen LogP) is 3.59. The first-order valence-corrected chi connectivity index (χ1v) is 8.91. The van der Waals surface area contributed by atoms with Crippen LogP contribution in [-0.4, -0.2) is 30.4 Å². The van der Waals surface area contributed by atoms with Crippen LogP contribution in [0.5, 0.6) is 0 Å². The van der Waals surface area contributed by atoms with Crippen LogP contribution >= 0.6 is 0 Å². The van der Waals surface area contributed by atoms with E-state index in [1.807, 2.05) is 17.0 Å². The minimum absolute atomic E-state index is 0.0105. The van der Waals surface area contributed by atoms with Crippen LogP contribution in [0.2, 0.25) is 0 Å². The van der Waals surface area contributed by atoms with E-state index in [0.717, 1.165) is 32.4 Å². The summed E-state index contributed by atoms with van der Waals surface area (Å²) in [6, 6.07) is 16.3. The molecule has 2 aromatic carbocycles. The molecule has 26 heavy (non-hydrogen) atoms. The van der Waals surface area contributed by atoms with Crippen LogP contribution in [0.25, 0.3) is 0 Å². The van der Waals surface area contributed by atoms with E-state index in [4.69, 9.17) is 5.26 Å². The van der Waals surface area contributed by atoms with Gasteiger partial charge in [0.15, 0.2) is 0 Å². The molecule has 0 radical (unpaired) electrons. The molecule has 1 saturated heterocycles. The smallest absolute Gasteiger partial charge is 0.241 e. The average Bonchev–Trinajstić information content (AvgIpc) is 2.68. The molecule has 0 saturated carbocycles. The summed E-state index contributed by atoms with van der Waals surface area (Å²) in [6.45, 7) is 1.63. The van der Waals surface area contributed by atoms with Crippen LogP contribution in [0.1, 0.15) is 24.0 Å². The first-order chi connectivity index (χ1) is 12.7. The second kappa shape index (κ2) is 8.48. The molecule has 2 aromatic rings. The van der Waals surface area contributed by atoms with Crippen molar-refractivity contribution in [1.82, 2.24) is 4.90 Å². The summed E-state index contributed by atoms with van der Waals surface area (Å²) in [4.78, 5) is 14.3. The Labute approximate surface area is 153 Å². The van der Waals surface area contributed by atoms with Crippen LogP contribution in [0.3, 0.4) is 0 Å². The Morgan fingerprint density at radius 2 is 1.92 bits per heavy atom. The molecule has 134 valence electrons. The number of nitrogens with one attached hydrogen (secondary N) is 1. The Balaban J connectivity index is 1.47. The maximum absolute atomic E-state index is 13.2. The molecular formula is C21H22FN3O. The predicted molar refractivity (Wildman–Crippen MR) is 99.1 cm³/mol. The topological polar surface area (TPSA) is 56.1 Å². The van der Waals surface area contributed by atoms with E-state index in [2.05, 4.69) is 29.6 Å². The highest BCUT2D eigenvalue weighted by Crippen LogP contribution is 2.22. The number of nitriles is 1. The molecule has 1 N–H and O–H groups in total. The van der Waals surface area contributed by atoms with Crippen LogP contribution in [0.4, 0.5) is 10.1 Å². The number of likely N-dealkylation sites (tertiary alicyclic amines) is 1. The van der Waals surface area contributed by atoms with Crippen molar-refractivity contribution < 1.29 is 9.18 Å². The summed E-state index contributed by atoms with van der Waals surface area (Å²) < 4.78 is 13.2. The Hall–Kier alpha value is -2.87. The Morgan fingerprint density at radius 3 is 2.62 bits per heavy atom. The van der Waals surface area contributed by atoms with Gasteiger partial charge in [-0.1, -0.05) is 30.3 Å². The second-order valence-electron chi connectivity index (χ2n) is 6.67. The lowest BCUT2D eigenvalue weighted by Crippen LogP contribution is -2.41. The van der Waals surface area contributed by atoms with Gasteiger partial charge in [0.1, 0.15) is 11.9 Å². The number of piperidine rings is 1. The molecule has 1 fully saturated rings. The molecular weight excluding hydrogens is 329 g/mol. The largest absolute Gasteiger partial charge is 0.375 e. The molecule has 0 spiro atoms. The zero-order valence-electron chi connectivity index (χ0n) is 14.6. The van der Waals surface area contributed by atoms with Crippen LogP contribution in [-0.2, 0) is 11.2 Å². The maximum Gasteiger partial charge on any atom is 0.241 e. The minimum Gasteiger partial charge on any atom is -0.375 e. The number of halogens is 1.